The highest BCUT2D eigenvalue weighted by Gasteiger charge is 2.38. The van der Waals surface area contributed by atoms with Gasteiger partial charge in [-0.25, -0.2) is 0 Å². The van der Waals surface area contributed by atoms with E-state index in [1.807, 2.05) is 13.8 Å². The minimum absolute atomic E-state index is 0.512. The van der Waals surface area contributed by atoms with E-state index >= 15 is 0 Å². The monoisotopic (exact) mass is 211 g/mol. The van der Waals surface area contributed by atoms with E-state index in [1.54, 1.807) is 0 Å². The van der Waals surface area contributed by atoms with E-state index in [4.69, 9.17) is 0 Å². The molecule has 0 amide bonds. The van der Waals surface area contributed by atoms with Gasteiger partial charge in [0, 0.05) is 0 Å². The molecule has 0 aliphatic heterocycles. The summed E-state index contributed by atoms with van der Waals surface area (Å²) >= 11 is 0. The summed E-state index contributed by atoms with van der Waals surface area (Å²) in [5.74, 6) is 3.01. The zero-order valence-electron chi connectivity index (χ0n) is 10.1. The Morgan fingerprint density at radius 3 is 2.60 bits per heavy atom. The van der Waals surface area contributed by atoms with Crippen LogP contribution in [0.15, 0.2) is 0 Å². The summed E-state index contributed by atoms with van der Waals surface area (Å²) in [5.41, 5.74) is -0.512. The fourth-order valence-electron chi connectivity index (χ4n) is 3.31. The van der Waals surface area contributed by atoms with Gasteiger partial charge in [0.1, 0.15) is 0 Å². The molecule has 0 aromatic carbocycles. The smallest absolute Gasteiger partial charge is 0.0603 e. The SMILES string of the molecule is CC(C)(O)CCNCC1CC2CCC1C2. The van der Waals surface area contributed by atoms with Crippen LogP contribution in [0.4, 0.5) is 0 Å². The van der Waals surface area contributed by atoms with Crippen molar-refractivity contribution in [3.63, 3.8) is 0 Å². The average molecular weight is 211 g/mol. The Bertz CT molecular complexity index is 209. The molecule has 2 rings (SSSR count). The van der Waals surface area contributed by atoms with Crippen LogP contribution in [0.3, 0.4) is 0 Å². The van der Waals surface area contributed by atoms with Gasteiger partial charge in [0.05, 0.1) is 5.60 Å². The molecular weight excluding hydrogens is 186 g/mol. The van der Waals surface area contributed by atoms with Gasteiger partial charge in [0.25, 0.3) is 0 Å². The molecule has 0 saturated heterocycles. The lowest BCUT2D eigenvalue weighted by molar-refractivity contribution is 0.0707. The maximum atomic E-state index is 9.57. The third kappa shape index (κ3) is 3.18. The molecule has 2 aliphatic carbocycles. The van der Waals surface area contributed by atoms with E-state index in [1.165, 1.54) is 32.2 Å². The minimum atomic E-state index is -0.512. The van der Waals surface area contributed by atoms with Gasteiger partial charge in [-0.1, -0.05) is 6.42 Å². The average Bonchev–Trinajstić information content (AvgIpc) is 2.71. The Balaban J connectivity index is 1.59. The topological polar surface area (TPSA) is 32.3 Å². The highest BCUT2D eigenvalue weighted by Crippen LogP contribution is 2.47. The molecule has 0 aromatic rings. The third-order valence-corrected chi connectivity index (χ3v) is 4.20. The van der Waals surface area contributed by atoms with Crippen LogP contribution in [0.5, 0.6) is 0 Å². The molecule has 0 radical (unpaired) electrons. The van der Waals surface area contributed by atoms with E-state index in [0.717, 1.165) is 30.7 Å². The zero-order chi connectivity index (χ0) is 10.9. The summed E-state index contributed by atoms with van der Waals surface area (Å²) in [6.45, 7) is 5.90. The van der Waals surface area contributed by atoms with E-state index in [0.29, 0.717) is 0 Å². The molecule has 0 heterocycles. The third-order valence-electron chi connectivity index (χ3n) is 4.20. The number of aliphatic hydroxyl groups is 1. The first kappa shape index (κ1) is 11.4. The second kappa shape index (κ2) is 4.42. The molecule has 15 heavy (non-hydrogen) atoms. The van der Waals surface area contributed by atoms with Crippen molar-refractivity contribution in [1.82, 2.24) is 5.32 Å². The Hall–Kier alpha value is -0.0800. The highest BCUT2D eigenvalue weighted by atomic mass is 16.3. The summed E-state index contributed by atoms with van der Waals surface area (Å²) in [6, 6.07) is 0. The van der Waals surface area contributed by atoms with E-state index < -0.39 is 5.60 Å². The van der Waals surface area contributed by atoms with Crippen LogP contribution in [0.1, 0.15) is 46.0 Å². The maximum absolute atomic E-state index is 9.57. The summed E-state index contributed by atoms with van der Waals surface area (Å²) in [7, 11) is 0. The maximum Gasteiger partial charge on any atom is 0.0603 e. The van der Waals surface area contributed by atoms with Crippen molar-refractivity contribution in [1.29, 1.82) is 0 Å². The van der Waals surface area contributed by atoms with Gasteiger partial charge in [-0.05, 0) is 70.4 Å². The van der Waals surface area contributed by atoms with Gasteiger partial charge in [-0.2, -0.15) is 0 Å². The lowest BCUT2D eigenvalue weighted by Gasteiger charge is -2.23. The van der Waals surface area contributed by atoms with Crippen molar-refractivity contribution >= 4 is 0 Å². The zero-order valence-corrected chi connectivity index (χ0v) is 10.1. The van der Waals surface area contributed by atoms with E-state index in [9.17, 15) is 5.11 Å². The van der Waals surface area contributed by atoms with Gasteiger partial charge in [-0.3, -0.25) is 0 Å². The predicted molar refractivity (Wildman–Crippen MR) is 62.7 cm³/mol. The molecule has 88 valence electrons. The molecule has 2 aliphatic rings. The fraction of sp³-hybridized carbons (Fsp3) is 1.00. The van der Waals surface area contributed by atoms with Gasteiger partial charge >= 0.3 is 0 Å². The van der Waals surface area contributed by atoms with Gasteiger partial charge in [0.2, 0.25) is 0 Å². The van der Waals surface area contributed by atoms with Crippen LogP contribution in [0.25, 0.3) is 0 Å². The molecule has 0 spiro atoms. The molecule has 2 heteroatoms. The first-order valence-electron chi connectivity index (χ1n) is 6.48. The second-order valence-electron chi connectivity index (χ2n) is 6.20. The lowest BCUT2D eigenvalue weighted by atomic mass is 9.89. The van der Waals surface area contributed by atoms with Crippen molar-refractivity contribution < 1.29 is 5.11 Å². The fourth-order valence-corrected chi connectivity index (χ4v) is 3.31. The van der Waals surface area contributed by atoms with Crippen LogP contribution in [0, 0.1) is 17.8 Å². The van der Waals surface area contributed by atoms with Crippen LogP contribution in [-0.2, 0) is 0 Å². The molecule has 2 nitrogen and oxygen atoms in total. The predicted octanol–water partition coefficient (Wildman–Crippen LogP) is 2.17. The molecule has 2 saturated carbocycles. The molecule has 3 unspecified atom stereocenters. The number of hydrogen-bond donors (Lipinski definition) is 2. The largest absolute Gasteiger partial charge is 0.390 e. The summed E-state index contributed by atoms with van der Waals surface area (Å²) < 4.78 is 0. The van der Waals surface area contributed by atoms with Crippen molar-refractivity contribution in [2.45, 2.75) is 51.6 Å². The van der Waals surface area contributed by atoms with Gasteiger partial charge < -0.3 is 10.4 Å². The quantitative estimate of drug-likeness (QED) is 0.683. The standard InChI is InChI=1S/C13H25NO/c1-13(2,15)5-6-14-9-12-8-10-3-4-11(12)7-10/h10-12,14-15H,3-9H2,1-2H3. The van der Waals surface area contributed by atoms with Gasteiger partial charge in [-0.15, -0.1) is 0 Å². The second-order valence-corrected chi connectivity index (χ2v) is 6.20. The Labute approximate surface area is 93.5 Å². The van der Waals surface area contributed by atoms with Crippen molar-refractivity contribution in [2.24, 2.45) is 17.8 Å². The molecule has 2 fully saturated rings. The van der Waals surface area contributed by atoms with Crippen molar-refractivity contribution in [3.8, 4) is 0 Å². The Kier molecular flexibility index (Phi) is 3.36. The summed E-state index contributed by atoms with van der Waals surface area (Å²) in [4.78, 5) is 0. The highest BCUT2D eigenvalue weighted by molar-refractivity contribution is 4.90. The molecule has 0 aromatic heterocycles. The minimum Gasteiger partial charge on any atom is -0.390 e. The summed E-state index contributed by atoms with van der Waals surface area (Å²) in [5, 5.41) is 13.1. The Morgan fingerprint density at radius 1 is 1.27 bits per heavy atom. The van der Waals surface area contributed by atoms with Crippen LogP contribution >= 0.6 is 0 Å². The number of fused-ring (bicyclic) bond motifs is 2. The number of nitrogens with one attached hydrogen (secondary N) is 1. The van der Waals surface area contributed by atoms with Crippen molar-refractivity contribution in [3.05, 3.63) is 0 Å². The van der Waals surface area contributed by atoms with E-state index in [2.05, 4.69) is 5.32 Å². The molecular formula is C13H25NO. The number of hydrogen-bond acceptors (Lipinski definition) is 2. The first-order chi connectivity index (χ1) is 7.04. The molecule has 3 atom stereocenters. The van der Waals surface area contributed by atoms with Crippen LogP contribution in [0.2, 0.25) is 0 Å². The summed E-state index contributed by atoms with van der Waals surface area (Å²) in [6.07, 6.45) is 6.78. The van der Waals surface area contributed by atoms with Gasteiger partial charge in [0.15, 0.2) is 0 Å². The number of rotatable bonds is 5. The molecule has 2 bridgehead atoms. The first-order valence-corrected chi connectivity index (χ1v) is 6.48. The van der Waals surface area contributed by atoms with E-state index in [-0.39, 0.29) is 0 Å². The lowest BCUT2D eigenvalue weighted by Crippen LogP contribution is -2.31. The normalized spacial score (nSPS) is 35.0. The van der Waals surface area contributed by atoms with Crippen molar-refractivity contribution in [2.75, 3.05) is 13.1 Å². The molecule has 2 N–H and O–H groups in total. The van der Waals surface area contributed by atoms with Crippen LogP contribution in [-0.4, -0.2) is 23.8 Å². The van der Waals surface area contributed by atoms with Crippen LogP contribution < -0.4 is 5.32 Å². The Morgan fingerprint density at radius 2 is 2.07 bits per heavy atom.